The maximum atomic E-state index is 14.3. The van der Waals surface area contributed by atoms with Crippen molar-refractivity contribution in [2.24, 2.45) is 5.73 Å². The van der Waals surface area contributed by atoms with Crippen LogP contribution in [0.15, 0.2) is 70.3 Å². The van der Waals surface area contributed by atoms with Crippen molar-refractivity contribution in [2.45, 2.75) is 6.18 Å². The Labute approximate surface area is 187 Å². The van der Waals surface area contributed by atoms with E-state index in [9.17, 15) is 31.5 Å². The van der Waals surface area contributed by atoms with Crippen LogP contribution in [-0.4, -0.2) is 14.2 Å². The van der Waals surface area contributed by atoms with Crippen LogP contribution in [0.2, 0.25) is 0 Å². The van der Waals surface area contributed by atoms with Crippen molar-refractivity contribution >= 4 is 28.2 Å². The van der Waals surface area contributed by atoms with Gasteiger partial charge in [0.1, 0.15) is 11.6 Å². The average molecular weight is 477 g/mol. The highest BCUT2D eigenvalue weighted by Gasteiger charge is 2.31. The van der Waals surface area contributed by atoms with Crippen molar-refractivity contribution in [1.29, 1.82) is 0 Å². The smallest absolute Gasteiger partial charge is 0.375 e. The number of aromatic nitrogens is 2. The highest BCUT2D eigenvalue weighted by Crippen LogP contribution is 2.30. The molecule has 1 heterocycles. The number of hydrogen-bond acceptors (Lipinski definition) is 3. The number of thiocarbonyl (C=S) groups is 1. The number of hydrogen-bond donors (Lipinski definition) is 1. The number of fused-ring (bicyclic) bond motifs is 1. The van der Waals surface area contributed by atoms with Crippen LogP contribution in [0.5, 0.6) is 0 Å². The van der Waals surface area contributed by atoms with Gasteiger partial charge in [-0.05, 0) is 60.2 Å². The first kappa shape index (κ1) is 22.3. The fraction of sp³-hybridized carbons (Fsp3) is 0.0455. The maximum absolute atomic E-state index is 14.3. The fourth-order valence-electron chi connectivity index (χ4n) is 3.47. The molecule has 0 aliphatic rings. The van der Waals surface area contributed by atoms with E-state index < -0.39 is 39.7 Å². The number of nitrogens with two attached hydrogens (primary N) is 1. The van der Waals surface area contributed by atoms with E-state index in [0.717, 1.165) is 28.8 Å². The number of halogens is 5. The molecule has 5 nitrogen and oxygen atoms in total. The molecular formula is C22H12F5N3O2S. The van der Waals surface area contributed by atoms with Crippen LogP contribution in [0, 0.1) is 11.6 Å². The summed E-state index contributed by atoms with van der Waals surface area (Å²) >= 11 is 4.92. The van der Waals surface area contributed by atoms with Gasteiger partial charge in [0.25, 0.3) is 5.56 Å². The Morgan fingerprint density at radius 1 is 0.939 bits per heavy atom. The highest BCUT2D eigenvalue weighted by molar-refractivity contribution is 7.80. The summed E-state index contributed by atoms with van der Waals surface area (Å²) in [5, 5.41) is -0.618. The fourth-order valence-corrected chi connectivity index (χ4v) is 3.64. The zero-order valence-electron chi connectivity index (χ0n) is 16.4. The molecule has 168 valence electrons. The molecule has 1 aromatic heterocycles. The first-order valence-electron chi connectivity index (χ1n) is 9.24. The summed E-state index contributed by atoms with van der Waals surface area (Å²) in [6.45, 7) is 0. The van der Waals surface area contributed by atoms with Crippen LogP contribution in [-0.2, 0) is 6.18 Å². The van der Waals surface area contributed by atoms with Gasteiger partial charge < -0.3 is 5.73 Å². The molecule has 11 heteroatoms. The molecule has 0 spiro atoms. The molecule has 4 aromatic rings. The van der Waals surface area contributed by atoms with E-state index in [1.165, 1.54) is 24.3 Å². The Morgan fingerprint density at radius 2 is 1.67 bits per heavy atom. The predicted octanol–water partition coefficient (Wildman–Crippen LogP) is 4.21. The molecule has 3 aromatic carbocycles. The maximum Gasteiger partial charge on any atom is 0.416 e. The van der Waals surface area contributed by atoms with Crippen LogP contribution >= 0.6 is 12.2 Å². The van der Waals surface area contributed by atoms with Gasteiger partial charge in [-0.25, -0.2) is 22.7 Å². The Kier molecular flexibility index (Phi) is 5.36. The molecule has 0 unspecified atom stereocenters. The van der Waals surface area contributed by atoms with E-state index in [2.05, 4.69) is 0 Å². The molecule has 0 radical (unpaired) electrons. The van der Waals surface area contributed by atoms with Gasteiger partial charge in [-0.3, -0.25) is 4.79 Å². The molecule has 0 atom stereocenters. The van der Waals surface area contributed by atoms with Gasteiger partial charge in [-0.1, -0.05) is 12.1 Å². The predicted molar refractivity (Wildman–Crippen MR) is 116 cm³/mol. The Bertz CT molecular complexity index is 1560. The Morgan fingerprint density at radius 3 is 2.30 bits per heavy atom. The van der Waals surface area contributed by atoms with Gasteiger partial charge in [0.15, 0.2) is 5.11 Å². The van der Waals surface area contributed by atoms with Crippen molar-refractivity contribution in [3.63, 3.8) is 0 Å². The Hall–Kier alpha value is -3.86. The number of benzene rings is 3. The average Bonchev–Trinajstić information content (AvgIpc) is 2.73. The van der Waals surface area contributed by atoms with Crippen LogP contribution in [0.25, 0.3) is 27.7 Å². The number of alkyl halides is 3. The lowest BCUT2D eigenvalue weighted by atomic mass is 10.0. The van der Waals surface area contributed by atoms with E-state index in [4.69, 9.17) is 18.0 Å². The summed E-state index contributed by atoms with van der Waals surface area (Å²) in [5.74, 6) is -1.69. The lowest BCUT2D eigenvalue weighted by Gasteiger charge is -2.15. The van der Waals surface area contributed by atoms with Gasteiger partial charge in [-0.15, -0.1) is 0 Å². The second-order valence-electron chi connectivity index (χ2n) is 7.00. The van der Waals surface area contributed by atoms with Gasteiger partial charge in [-0.2, -0.15) is 13.2 Å². The molecule has 0 aliphatic carbocycles. The summed E-state index contributed by atoms with van der Waals surface area (Å²) in [4.78, 5) is 26.3. The van der Waals surface area contributed by atoms with Crippen LogP contribution in [0.1, 0.15) is 5.56 Å². The molecule has 4 rings (SSSR count). The van der Waals surface area contributed by atoms with Gasteiger partial charge >= 0.3 is 11.9 Å². The highest BCUT2D eigenvalue weighted by atomic mass is 32.1. The Balaban J connectivity index is 2.08. The third kappa shape index (κ3) is 3.91. The molecule has 33 heavy (non-hydrogen) atoms. The minimum absolute atomic E-state index is 0.0213. The molecule has 0 saturated heterocycles. The number of nitrogens with zero attached hydrogens (tertiary/aromatic N) is 2. The van der Waals surface area contributed by atoms with E-state index in [1.807, 2.05) is 0 Å². The van der Waals surface area contributed by atoms with Crippen molar-refractivity contribution in [2.75, 3.05) is 0 Å². The molecule has 0 bridgehead atoms. The molecule has 0 saturated carbocycles. The quantitative estimate of drug-likeness (QED) is 0.347. The zero-order valence-corrected chi connectivity index (χ0v) is 17.2. The standard InChI is InChI=1S/C22H12F5N3O2S/c23-13-5-6-15(17(24)10-13)11-4-7-18-16(8-11)19(31)29(21(32)30(18)20(28)33)14-3-1-2-12(9-14)22(25,26)27/h1-10H,(H2,28,33). The third-order valence-corrected chi connectivity index (χ3v) is 5.13. The minimum Gasteiger partial charge on any atom is -0.375 e. The lowest BCUT2D eigenvalue weighted by molar-refractivity contribution is -0.137. The largest absolute Gasteiger partial charge is 0.416 e. The monoisotopic (exact) mass is 477 g/mol. The summed E-state index contributed by atoms with van der Waals surface area (Å²) in [6, 6.07) is 10.4. The topological polar surface area (TPSA) is 70.0 Å². The summed E-state index contributed by atoms with van der Waals surface area (Å²) < 4.78 is 68.4. The van der Waals surface area contributed by atoms with E-state index >= 15 is 0 Å². The van der Waals surface area contributed by atoms with E-state index in [1.54, 1.807) is 0 Å². The SMILES string of the molecule is NC(=S)n1c(=O)n(-c2cccc(C(F)(F)F)c2)c(=O)c2cc(-c3ccc(F)cc3F)ccc21. The van der Waals surface area contributed by atoms with Crippen molar-refractivity contribution in [1.82, 2.24) is 9.13 Å². The summed E-state index contributed by atoms with van der Waals surface area (Å²) in [7, 11) is 0. The second-order valence-corrected chi connectivity index (χ2v) is 7.42. The van der Waals surface area contributed by atoms with E-state index in [0.29, 0.717) is 16.7 Å². The van der Waals surface area contributed by atoms with Gasteiger partial charge in [0.05, 0.1) is 22.2 Å². The lowest BCUT2D eigenvalue weighted by Crippen LogP contribution is -2.43. The molecule has 0 fully saturated rings. The normalized spacial score (nSPS) is 11.7. The van der Waals surface area contributed by atoms with Crippen LogP contribution in [0.3, 0.4) is 0 Å². The van der Waals surface area contributed by atoms with Crippen molar-refractivity contribution in [3.05, 3.63) is 98.7 Å². The number of rotatable bonds is 2. The minimum atomic E-state index is -4.72. The molecule has 2 N–H and O–H groups in total. The summed E-state index contributed by atoms with van der Waals surface area (Å²) in [6.07, 6.45) is -4.72. The second kappa shape index (κ2) is 7.93. The molecule has 0 amide bonds. The third-order valence-electron chi connectivity index (χ3n) is 4.95. The van der Waals surface area contributed by atoms with Crippen molar-refractivity contribution < 1.29 is 22.0 Å². The summed E-state index contributed by atoms with van der Waals surface area (Å²) in [5.41, 5.74) is 2.31. The van der Waals surface area contributed by atoms with Gasteiger partial charge in [0.2, 0.25) is 0 Å². The molecular weight excluding hydrogens is 465 g/mol. The van der Waals surface area contributed by atoms with E-state index in [-0.39, 0.29) is 27.7 Å². The van der Waals surface area contributed by atoms with Gasteiger partial charge in [0, 0.05) is 11.6 Å². The van der Waals surface area contributed by atoms with Crippen molar-refractivity contribution in [3.8, 4) is 16.8 Å². The zero-order chi connectivity index (χ0) is 24.1. The first-order chi connectivity index (χ1) is 15.5. The first-order valence-corrected chi connectivity index (χ1v) is 9.64. The van der Waals surface area contributed by atoms with Crippen LogP contribution in [0.4, 0.5) is 22.0 Å². The van der Waals surface area contributed by atoms with Crippen LogP contribution < -0.4 is 17.0 Å². The molecule has 0 aliphatic heterocycles.